The Morgan fingerprint density at radius 2 is 1.75 bits per heavy atom. The first-order valence-electron chi connectivity index (χ1n) is 6.20. The van der Waals surface area contributed by atoms with Crippen LogP contribution in [0, 0.1) is 0 Å². The van der Waals surface area contributed by atoms with Crippen molar-refractivity contribution in [3.63, 3.8) is 0 Å². The van der Waals surface area contributed by atoms with Crippen LogP contribution in [0.25, 0.3) is 10.9 Å². The highest BCUT2D eigenvalue weighted by molar-refractivity contribution is 5.84. The maximum atomic E-state index is 11.7. The number of fused-ring (bicyclic) bond motifs is 1. The van der Waals surface area contributed by atoms with Crippen molar-refractivity contribution < 1.29 is 9.47 Å². The Morgan fingerprint density at radius 3 is 2.60 bits per heavy atom. The van der Waals surface area contributed by atoms with E-state index in [1.54, 1.807) is 13.2 Å². The van der Waals surface area contributed by atoms with Crippen LogP contribution in [0.2, 0.25) is 0 Å². The van der Waals surface area contributed by atoms with Gasteiger partial charge in [-0.2, -0.15) is 0 Å². The minimum absolute atomic E-state index is 0.193. The third-order valence-corrected chi connectivity index (χ3v) is 2.98. The number of para-hydroxylation sites is 1. The summed E-state index contributed by atoms with van der Waals surface area (Å²) in [6.07, 6.45) is 0. The number of nitrogens with one attached hydrogen (secondary N) is 1. The Labute approximate surface area is 115 Å². The summed E-state index contributed by atoms with van der Waals surface area (Å²) in [6, 6.07) is 16.2. The zero-order valence-electron chi connectivity index (χ0n) is 10.9. The molecule has 4 nitrogen and oxygen atoms in total. The highest BCUT2D eigenvalue weighted by Crippen LogP contribution is 2.29. The Kier molecular flexibility index (Phi) is 3.13. The van der Waals surface area contributed by atoms with Gasteiger partial charge in [0, 0.05) is 17.5 Å². The number of benzene rings is 2. The highest BCUT2D eigenvalue weighted by atomic mass is 16.5. The predicted octanol–water partition coefficient (Wildman–Crippen LogP) is 3.33. The molecule has 0 bridgehead atoms. The number of aromatic amines is 1. The molecule has 0 unspecified atom stereocenters. The summed E-state index contributed by atoms with van der Waals surface area (Å²) in [5.41, 5.74) is 0.555. The van der Waals surface area contributed by atoms with Crippen molar-refractivity contribution in [1.82, 2.24) is 4.98 Å². The summed E-state index contributed by atoms with van der Waals surface area (Å²) in [7, 11) is 1.60. The molecule has 1 aromatic heterocycles. The van der Waals surface area contributed by atoms with E-state index in [4.69, 9.17) is 9.47 Å². The topological polar surface area (TPSA) is 51.3 Å². The van der Waals surface area contributed by atoms with Crippen molar-refractivity contribution in [3.05, 3.63) is 65.0 Å². The second kappa shape index (κ2) is 5.09. The molecular weight excluding hydrogens is 254 g/mol. The lowest BCUT2D eigenvalue weighted by atomic mass is 10.2. The fourth-order valence-electron chi connectivity index (χ4n) is 2.05. The number of methoxy groups -OCH3 is 1. The molecular formula is C16H13NO3. The summed E-state index contributed by atoms with van der Waals surface area (Å²) in [4.78, 5) is 14.4. The van der Waals surface area contributed by atoms with Crippen LogP contribution in [0.3, 0.4) is 0 Å². The summed E-state index contributed by atoms with van der Waals surface area (Å²) < 4.78 is 11.0. The van der Waals surface area contributed by atoms with Gasteiger partial charge in [-0.3, -0.25) is 4.79 Å². The third kappa shape index (κ3) is 2.36. The number of pyridine rings is 1. The number of hydrogen-bond donors (Lipinski definition) is 1. The van der Waals surface area contributed by atoms with E-state index in [1.807, 2.05) is 42.5 Å². The molecule has 0 saturated heterocycles. The molecule has 1 N–H and O–H groups in total. The SMILES string of the molecule is COc1cccc(Oc2cc(=O)[nH]c3ccccc23)c1. The van der Waals surface area contributed by atoms with Gasteiger partial charge in [-0.25, -0.2) is 0 Å². The molecule has 0 spiro atoms. The molecule has 1 heterocycles. The Balaban J connectivity index is 2.08. The van der Waals surface area contributed by atoms with Crippen molar-refractivity contribution in [2.45, 2.75) is 0 Å². The first-order chi connectivity index (χ1) is 9.76. The zero-order valence-corrected chi connectivity index (χ0v) is 10.9. The number of rotatable bonds is 3. The van der Waals surface area contributed by atoms with Crippen LogP contribution >= 0.6 is 0 Å². The second-order valence-corrected chi connectivity index (χ2v) is 4.32. The molecule has 2 aromatic carbocycles. The van der Waals surface area contributed by atoms with Gasteiger partial charge < -0.3 is 14.5 Å². The van der Waals surface area contributed by atoms with E-state index < -0.39 is 0 Å². The van der Waals surface area contributed by atoms with Crippen LogP contribution in [0.4, 0.5) is 0 Å². The summed E-state index contributed by atoms with van der Waals surface area (Å²) >= 11 is 0. The minimum atomic E-state index is -0.193. The van der Waals surface area contributed by atoms with E-state index >= 15 is 0 Å². The molecule has 0 amide bonds. The first-order valence-corrected chi connectivity index (χ1v) is 6.20. The summed E-state index contributed by atoms with van der Waals surface area (Å²) in [5, 5.41) is 0.856. The zero-order chi connectivity index (χ0) is 13.9. The van der Waals surface area contributed by atoms with Gasteiger partial charge in [0.2, 0.25) is 0 Å². The van der Waals surface area contributed by atoms with Crippen LogP contribution in [-0.4, -0.2) is 12.1 Å². The largest absolute Gasteiger partial charge is 0.497 e. The lowest BCUT2D eigenvalue weighted by Gasteiger charge is -2.09. The van der Waals surface area contributed by atoms with E-state index in [-0.39, 0.29) is 5.56 Å². The van der Waals surface area contributed by atoms with E-state index in [2.05, 4.69) is 4.98 Å². The first kappa shape index (κ1) is 12.3. The number of ether oxygens (including phenoxy) is 2. The van der Waals surface area contributed by atoms with Gasteiger partial charge >= 0.3 is 0 Å². The summed E-state index contributed by atoms with van der Waals surface area (Å²) in [5.74, 6) is 1.86. The van der Waals surface area contributed by atoms with Crippen LogP contribution < -0.4 is 15.0 Å². The molecule has 100 valence electrons. The highest BCUT2D eigenvalue weighted by Gasteiger charge is 2.06. The van der Waals surface area contributed by atoms with Gasteiger partial charge in [0.25, 0.3) is 5.56 Å². The molecule has 0 aliphatic rings. The second-order valence-electron chi connectivity index (χ2n) is 4.32. The van der Waals surface area contributed by atoms with Gasteiger partial charge in [0.05, 0.1) is 12.6 Å². The lowest BCUT2D eigenvalue weighted by molar-refractivity contribution is 0.409. The van der Waals surface area contributed by atoms with E-state index in [0.29, 0.717) is 17.2 Å². The van der Waals surface area contributed by atoms with Crippen molar-refractivity contribution in [2.24, 2.45) is 0 Å². The fraction of sp³-hybridized carbons (Fsp3) is 0.0625. The normalized spacial score (nSPS) is 10.4. The van der Waals surface area contributed by atoms with Crippen LogP contribution in [0.1, 0.15) is 0 Å². The maximum Gasteiger partial charge on any atom is 0.252 e. The van der Waals surface area contributed by atoms with Gasteiger partial charge in [-0.05, 0) is 24.3 Å². The maximum absolute atomic E-state index is 11.7. The van der Waals surface area contributed by atoms with Crippen molar-refractivity contribution in [2.75, 3.05) is 7.11 Å². The number of hydrogen-bond acceptors (Lipinski definition) is 3. The molecule has 0 atom stereocenters. The number of H-pyrrole nitrogens is 1. The van der Waals surface area contributed by atoms with Crippen molar-refractivity contribution in [3.8, 4) is 17.2 Å². The molecule has 4 heteroatoms. The van der Waals surface area contributed by atoms with E-state index in [0.717, 1.165) is 10.9 Å². The van der Waals surface area contributed by atoms with Crippen LogP contribution in [-0.2, 0) is 0 Å². The monoisotopic (exact) mass is 267 g/mol. The molecule has 0 saturated carbocycles. The van der Waals surface area contributed by atoms with Gasteiger partial charge in [-0.15, -0.1) is 0 Å². The molecule has 0 radical (unpaired) electrons. The minimum Gasteiger partial charge on any atom is -0.497 e. The van der Waals surface area contributed by atoms with E-state index in [9.17, 15) is 4.79 Å². The van der Waals surface area contributed by atoms with Crippen LogP contribution in [0.15, 0.2) is 59.4 Å². The Hall–Kier alpha value is -2.75. The predicted molar refractivity (Wildman–Crippen MR) is 77.6 cm³/mol. The molecule has 20 heavy (non-hydrogen) atoms. The third-order valence-electron chi connectivity index (χ3n) is 2.98. The Bertz CT molecular complexity index is 808. The molecule has 0 fully saturated rings. The van der Waals surface area contributed by atoms with E-state index in [1.165, 1.54) is 6.07 Å². The van der Waals surface area contributed by atoms with Crippen molar-refractivity contribution >= 4 is 10.9 Å². The standard InChI is InChI=1S/C16H13NO3/c1-19-11-5-4-6-12(9-11)20-15-10-16(18)17-14-8-3-2-7-13(14)15/h2-10H,1H3,(H,17,18). The van der Waals surface area contributed by atoms with Crippen LogP contribution in [0.5, 0.6) is 17.2 Å². The van der Waals surface area contributed by atoms with Gasteiger partial charge in [0.15, 0.2) is 0 Å². The van der Waals surface area contributed by atoms with Gasteiger partial charge in [0.1, 0.15) is 17.2 Å². The number of aromatic nitrogens is 1. The Morgan fingerprint density at radius 1 is 0.950 bits per heavy atom. The summed E-state index contributed by atoms with van der Waals surface area (Å²) in [6.45, 7) is 0. The van der Waals surface area contributed by atoms with Crippen molar-refractivity contribution in [1.29, 1.82) is 0 Å². The average molecular weight is 267 g/mol. The molecule has 3 aromatic rings. The molecule has 0 aliphatic heterocycles. The molecule has 3 rings (SSSR count). The van der Waals surface area contributed by atoms with Gasteiger partial charge in [-0.1, -0.05) is 18.2 Å². The quantitative estimate of drug-likeness (QED) is 0.792. The molecule has 0 aliphatic carbocycles. The smallest absolute Gasteiger partial charge is 0.252 e. The fourth-order valence-corrected chi connectivity index (χ4v) is 2.05. The lowest BCUT2D eigenvalue weighted by Crippen LogP contribution is -2.04. The average Bonchev–Trinajstić information content (AvgIpc) is 2.47.